The summed E-state index contributed by atoms with van der Waals surface area (Å²) < 4.78 is 25.1. The second-order valence-electron chi connectivity index (χ2n) is 2.29. The van der Waals surface area contributed by atoms with Crippen LogP contribution in [0.4, 0.5) is 0 Å². The molecule has 5 nitrogen and oxygen atoms in total. The molecule has 0 fully saturated rings. The maximum absolute atomic E-state index is 11.0. The molecule has 0 saturated carbocycles. The van der Waals surface area contributed by atoms with Gasteiger partial charge in [-0.15, -0.1) is 0 Å². The SMILES string of the molecule is CN(C)S(=O)(=O)NCCC(=O)Cl. The van der Waals surface area contributed by atoms with Crippen LogP contribution in [0.15, 0.2) is 0 Å². The van der Waals surface area contributed by atoms with Crippen LogP contribution in [0.1, 0.15) is 6.42 Å². The van der Waals surface area contributed by atoms with Crippen molar-refractivity contribution in [3.8, 4) is 0 Å². The van der Waals surface area contributed by atoms with E-state index in [1.165, 1.54) is 14.1 Å². The first-order valence-corrected chi connectivity index (χ1v) is 5.03. The van der Waals surface area contributed by atoms with Gasteiger partial charge in [0, 0.05) is 27.1 Å². The molecule has 0 amide bonds. The van der Waals surface area contributed by atoms with Gasteiger partial charge in [0.15, 0.2) is 0 Å². The van der Waals surface area contributed by atoms with Gasteiger partial charge >= 0.3 is 0 Å². The van der Waals surface area contributed by atoms with Crippen molar-refractivity contribution < 1.29 is 13.2 Å². The molecule has 0 aliphatic heterocycles. The summed E-state index contributed by atoms with van der Waals surface area (Å²) in [6, 6.07) is 0. The minimum Gasteiger partial charge on any atom is -0.281 e. The normalized spacial score (nSPS) is 12.0. The molecule has 1 N–H and O–H groups in total. The Kier molecular flexibility index (Phi) is 4.69. The fourth-order valence-corrected chi connectivity index (χ4v) is 1.12. The lowest BCUT2D eigenvalue weighted by atomic mass is 10.5. The molecule has 0 bridgehead atoms. The predicted octanol–water partition coefficient (Wildman–Crippen LogP) is -0.462. The molecular formula is C5H11ClN2O3S. The lowest BCUT2D eigenvalue weighted by Gasteiger charge is -2.10. The molecule has 7 heteroatoms. The van der Waals surface area contributed by atoms with Crippen molar-refractivity contribution in [3.63, 3.8) is 0 Å². The third kappa shape index (κ3) is 4.66. The van der Waals surface area contributed by atoms with Crippen LogP contribution in [-0.2, 0) is 15.0 Å². The smallest absolute Gasteiger partial charge is 0.278 e. The maximum atomic E-state index is 11.0. The molecule has 0 unspecified atom stereocenters. The summed E-state index contributed by atoms with van der Waals surface area (Å²) in [7, 11) is -0.634. The van der Waals surface area contributed by atoms with Crippen molar-refractivity contribution in [2.45, 2.75) is 6.42 Å². The van der Waals surface area contributed by atoms with Crippen molar-refractivity contribution in [2.75, 3.05) is 20.6 Å². The van der Waals surface area contributed by atoms with Crippen LogP contribution in [0, 0.1) is 0 Å². The van der Waals surface area contributed by atoms with Crippen molar-refractivity contribution >= 4 is 27.1 Å². The van der Waals surface area contributed by atoms with Gasteiger partial charge < -0.3 is 0 Å². The molecule has 0 aliphatic carbocycles. The van der Waals surface area contributed by atoms with Gasteiger partial charge in [0.05, 0.1) is 0 Å². The first-order chi connectivity index (χ1) is 5.36. The Morgan fingerprint density at radius 2 is 2.00 bits per heavy atom. The van der Waals surface area contributed by atoms with Gasteiger partial charge in [-0.3, -0.25) is 4.79 Å². The summed E-state index contributed by atoms with van der Waals surface area (Å²) in [6.45, 7) is 0.0306. The van der Waals surface area contributed by atoms with E-state index in [2.05, 4.69) is 4.72 Å². The van der Waals surface area contributed by atoms with Crippen LogP contribution >= 0.6 is 11.6 Å². The fourth-order valence-electron chi connectivity index (χ4n) is 0.407. The maximum Gasteiger partial charge on any atom is 0.278 e. The summed E-state index contributed by atoms with van der Waals surface area (Å²) in [5.41, 5.74) is 0. The van der Waals surface area contributed by atoms with Gasteiger partial charge in [0.25, 0.3) is 10.2 Å². The number of halogens is 1. The molecule has 0 spiro atoms. The summed E-state index contributed by atoms with van der Waals surface area (Å²) in [4.78, 5) is 10.2. The Morgan fingerprint density at radius 1 is 1.50 bits per heavy atom. The van der Waals surface area contributed by atoms with Gasteiger partial charge in [0.2, 0.25) is 5.24 Å². The van der Waals surface area contributed by atoms with E-state index in [9.17, 15) is 13.2 Å². The van der Waals surface area contributed by atoms with Crippen LogP contribution in [0.25, 0.3) is 0 Å². The van der Waals surface area contributed by atoms with Crippen molar-refractivity contribution in [2.24, 2.45) is 0 Å². The zero-order valence-corrected chi connectivity index (χ0v) is 8.44. The Morgan fingerprint density at radius 3 is 2.33 bits per heavy atom. The van der Waals surface area contributed by atoms with E-state index in [1.807, 2.05) is 0 Å². The Hall–Kier alpha value is -0.170. The monoisotopic (exact) mass is 214 g/mol. The predicted molar refractivity (Wildman–Crippen MR) is 46.1 cm³/mol. The van der Waals surface area contributed by atoms with Crippen LogP contribution in [0.5, 0.6) is 0 Å². The molecule has 0 aromatic rings. The average Bonchev–Trinajstić information content (AvgIpc) is 1.85. The topological polar surface area (TPSA) is 66.5 Å². The van der Waals surface area contributed by atoms with Crippen LogP contribution < -0.4 is 4.72 Å². The van der Waals surface area contributed by atoms with Gasteiger partial charge in [0.1, 0.15) is 0 Å². The average molecular weight is 215 g/mol. The number of hydrogen-bond acceptors (Lipinski definition) is 3. The largest absolute Gasteiger partial charge is 0.281 e. The molecular weight excluding hydrogens is 204 g/mol. The summed E-state index contributed by atoms with van der Waals surface area (Å²) in [6.07, 6.45) is -0.00533. The van der Waals surface area contributed by atoms with Gasteiger partial charge in [-0.1, -0.05) is 0 Å². The standard InChI is InChI=1S/C5H11ClN2O3S/c1-8(2)12(10,11)7-4-3-5(6)9/h7H,3-4H2,1-2H3. The number of rotatable bonds is 5. The highest BCUT2D eigenvalue weighted by Gasteiger charge is 2.11. The van der Waals surface area contributed by atoms with E-state index in [1.54, 1.807) is 0 Å². The van der Waals surface area contributed by atoms with E-state index in [4.69, 9.17) is 11.6 Å². The Balaban J connectivity index is 3.86. The number of nitrogens with one attached hydrogen (secondary N) is 1. The molecule has 0 heterocycles. The third-order valence-corrected chi connectivity index (χ3v) is 2.81. The number of nitrogens with zero attached hydrogens (tertiary/aromatic N) is 1. The van der Waals surface area contributed by atoms with Gasteiger partial charge in [-0.2, -0.15) is 12.7 Å². The van der Waals surface area contributed by atoms with Crippen LogP contribution in [0.2, 0.25) is 0 Å². The highest BCUT2D eigenvalue weighted by Crippen LogP contribution is 1.90. The molecule has 12 heavy (non-hydrogen) atoms. The third-order valence-electron chi connectivity index (χ3n) is 1.09. The van der Waals surface area contributed by atoms with E-state index >= 15 is 0 Å². The summed E-state index contributed by atoms with van der Waals surface area (Å²) in [5, 5.41) is -0.559. The highest BCUT2D eigenvalue weighted by atomic mass is 35.5. The van der Waals surface area contributed by atoms with E-state index in [0.717, 1.165) is 4.31 Å². The fraction of sp³-hybridized carbons (Fsp3) is 0.800. The van der Waals surface area contributed by atoms with Gasteiger partial charge in [-0.05, 0) is 11.6 Å². The van der Waals surface area contributed by atoms with E-state index < -0.39 is 15.5 Å². The Bertz CT molecular complexity index is 249. The molecule has 72 valence electrons. The molecule has 0 aromatic carbocycles. The zero-order chi connectivity index (χ0) is 9.78. The summed E-state index contributed by atoms with van der Waals surface area (Å²) >= 11 is 5.00. The van der Waals surface area contributed by atoms with Crippen LogP contribution in [-0.4, -0.2) is 38.6 Å². The number of carbonyl (C=O) groups excluding carboxylic acids is 1. The lowest BCUT2D eigenvalue weighted by Crippen LogP contribution is -2.36. The van der Waals surface area contributed by atoms with Crippen LogP contribution in [0.3, 0.4) is 0 Å². The second kappa shape index (κ2) is 4.76. The number of hydrogen-bond donors (Lipinski definition) is 1. The summed E-state index contributed by atoms with van der Waals surface area (Å²) in [5.74, 6) is 0. The minimum absolute atomic E-state index is 0.00533. The highest BCUT2D eigenvalue weighted by molar-refractivity contribution is 7.87. The van der Waals surface area contributed by atoms with Crippen molar-refractivity contribution in [3.05, 3.63) is 0 Å². The quantitative estimate of drug-likeness (QED) is 0.630. The van der Waals surface area contributed by atoms with E-state index in [0.29, 0.717) is 0 Å². The molecule has 0 saturated heterocycles. The lowest BCUT2D eigenvalue weighted by molar-refractivity contribution is -0.111. The van der Waals surface area contributed by atoms with E-state index in [-0.39, 0.29) is 13.0 Å². The second-order valence-corrected chi connectivity index (χ2v) is 4.68. The first-order valence-electron chi connectivity index (χ1n) is 3.21. The minimum atomic E-state index is -3.42. The molecule has 0 rings (SSSR count). The number of carbonyl (C=O) groups is 1. The molecule has 0 radical (unpaired) electrons. The van der Waals surface area contributed by atoms with Gasteiger partial charge in [-0.25, -0.2) is 4.72 Å². The molecule has 0 aliphatic rings. The molecule has 0 aromatic heterocycles. The zero-order valence-electron chi connectivity index (χ0n) is 6.87. The molecule has 0 atom stereocenters. The van der Waals surface area contributed by atoms with Crippen molar-refractivity contribution in [1.82, 2.24) is 9.03 Å². The Labute approximate surface area is 76.9 Å². The first kappa shape index (κ1) is 11.8. The van der Waals surface area contributed by atoms with Crippen molar-refractivity contribution in [1.29, 1.82) is 0 Å².